The number of rotatable bonds is 2. The lowest BCUT2D eigenvalue weighted by atomic mass is 9.74. The van der Waals surface area contributed by atoms with Crippen molar-refractivity contribution in [1.29, 1.82) is 0 Å². The summed E-state index contributed by atoms with van der Waals surface area (Å²) in [6, 6.07) is 14.4. The number of carbonyl (C=O) groups excluding carboxylic acids is 1. The van der Waals surface area contributed by atoms with E-state index in [4.69, 9.17) is 4.74 Å². The smallest absolute Gasteiger partial charge is 0.410 e. The number of carbonyl (C=O) groups is 1. The minimum Gasteiger partial charge on any atom is -0.445 e. The monoisotopic (exact) mass is 338 g/mol. The molecule has 4 rings (SSSR count). The molecule has 1 amide bonds. The fourth-order valence-corrected chi connectivity index (χ4v) is 3.59. The second-order valence-corrected chi connectivity index (χ2v) is 6.60. The van der Waals surface area contributed by atoms with Crippen LogP contribution in [0.4, 0.5) is 14.9 Å². The Balaban J connectivity index is 1.38. The summed E-state index contributed by atoms with van der Waals surface area (Å²) >= 11 is 0. The molecule has 4 nitrogen and oxygen atoms in total. The first-order valence-corrected chi connectivity index (χ1v) is 8.47. The summed E-state index contributed by atoms with van der Waals surface area (Å²) in [6.45, 7) is 1.50. The number of hydrogen-bond donors (Lipinski definition) is 0. The van der Waals surface area contributed by atoms with Gasteiger partial charge in [-0.25, -0.2) is 9.18 Å². The van der Waals surface area contributed by atoms with E-state index >= 15 is 0 Å². The molecular formula is C20H19FN2O2. The Hall–Kier alpha value is -2.69. The van der Waals surface area contributed by atoms with E-state index in [1.807, 2.05) is 42.6 Å². The molecule has 0 N–H and O–H groups in total. The number of fused-ring (bicyclic) bond motifs is 2. The molecule has 0 atom stereocenters. The van der Waals surface area contributed by atoms with Crippen LogP contribution in [0.5, 0.6) is 0 Å². The number of amides is 1. The molecule has 2 aliphatic heterocycles. The molecule has 2 aromatic carbocycles. The number of aliphatic imine (C=N–C) groups is 1. The zero-order valence-corrected chi connectivity index (χ0v) is 13.8. The van der Waals surface area contributed by atoms with Crippen molar-refractivity contribution in [1.82, 2.24) is 4.90 Å². The SMILES string of the molecule is O=C(OCc1ccccc1)N1CCC2(C=Nc3cc(F)ccc32)CC1. The van der Waals surface area contributed by atoms with Gasteiger partial charge in [0.25, 0.3) is 0 Å². The first kappa shape index (κ1) is 15.8. The molecule has 1 spiro atoms. The molecule has 25 heavy (non-hydrogen) atoms. The topological polar surface area (TPSA) is 41.9 Å². The molecule has 2 aliphatic rings. The quantitative estimate of drug-likeness (QED) is 0.823. The van der Waals surface area contributed by atoms with Crippen molar-refractivity contribution in [2.75, 3.05) is 13.1 Å². The summed E-state index contributed by atoms with van der Waals surface area (Å²) in [7, 11) is 0. The molecule has 2 heterocycles. The molecule has 2 aromatic rings. The van der Waals surface area contributed by atoms with Gasteiger partial charge in [0.1, 0.15) is 12.4 Å². The summed E-state index contributed by atoms with van der Waals surface area (Å²) < 4.78 is 18.8. The van der Waals surface area contributed by atoms with E-state index in [1.165, 1.54) is 12.1 Å². The Morgan fingerprint density at radius 2 is 1.92 bits per heavy atom. The van der Waals surface area contributed by atoms with Gasteiger partial charge in [0, 0.05) is 24.7 Å². The maximum absolute atomic E-state index is 13.4. The average molecular weight is 338 g/mol. The van der Waals surface area contributed by atoms with Crippen LogP contribution in [0.3, 0.4) is 0 Å². The molecule has 128 valence electrons. The van der Waals surface area contributed by atoms with Gasteiger partial charge >= 0.3 is 6.09 Å². The van der Waals surface area contributed by atoms with Crippen LogP contribution in [0, 0.1) is 5.82 Å². The molecule has 0 aromatic heterocycles. The van der Waals surface area contributed by atoms with Gasteiger partial charge in [0.05, 0.1) is 5.69 Å². The molecule has 1 fully saturated rings. The normalized spacial score (nSPS) is 17.6. The third-order valence-corrected chi connectivity index (χ3v) is 5.07. The summed E-state index contributed by atoms with van der Waals surface area (Å²) in [4.78, 5) is 18.4. The minimum absolute atomic E-state index is 0.181. The second kappa shape index (κ2) is 6.31. The molecule has 0 saturated carbocycles. The highest BCUT2D eigenvalue weighted by Crippen LogP contribution is 2.43. The average Bonchev–Trinajstić information content (AvgIpc) is 2.98. The number of ether oxygens (including phenoxy) is 1. The van der Waals surface area contributed by atoms with Crippen LogP contribution in [0.1, 0.15) is 24.0 Å². The van der Waals surface area contributed by atoms with Gasteiger partial charge in [-0.1, -0.05) is 36.4 Å². The van der Waals surface area contributed by atoms with E-state index in [1.54, 1.807) is 4.90 Å². The Bertz CT molecular complexity index is 812. The van der Waals surface area contributed by atoms with Crippen molar-refractivity contribution < 1.29 is 13.9 Å². The lowest BCUT2D eigenvalue weighted by molar-refractivity contribution is 0.0841. The van der Waals surface area contributed by atoms with Crippen molar-refractivity contribution in [3.8, 4) is 0 Å². The number of piperidine rings is 1. The van der Waals surface area contributed by atoms with Crippen molar-refractivity contribution in [3.63, 3.8) is 0 Å². The zero-order valence-electron chi connectivity index (χ0n) is 13.8. The maximum atomic E-state index is 13.4. The van der Waals surface area contributed by atoms with Crippen LogP contribution in [0.2, 0.25) is 0 Å². The standard InChI is InChI=1S/C20H19FN2O2/c21-16-6-7-17-18(12-16)22-14-20(17)8-10-23(11-9-20)19(24)25-13-15-4-2-1-3-5-15/h1-7,12,14H,8-11,13H2. The van der Waals surface area contributed by atoms with Gasteiger partial charge in [-0.15, -0.1) is 0 Å². The number of halogens is 1. The fourth-order valence-electron chi connectivity index (χ4n) is 3.59. The van der Waals surface area contributed by atoms with Gasteiger partial charge in [0.15, 0.2) is 0 Å². The second-order valence-electron chi connectivity index (χ2n) is 6.60. The van der Waals surface area contributed by atoms with Crippen molar-refractivity contribution >= 4 is 18.0 Å². The minimum atomic E-state index is -0.284. The summed E-state index contributed by atoms with van der Waals surface area (Å²) in [6.07, 6.45) is 3.18. The maximum Gasteiger partial charge on any atom is 0.410 e. The van der Waals surface area contributed by atoms with Crippen molar-refractivity contribution in [2.24, 2.45) is 4.99 Å². The van der Waals surface area contributed by atoms with Crippen molar-refractivity contribution in [3.05, 3.63) is 65.5 Å². The summed E-state index contributed by atoms with van der Waals surface area (Å²) in [5.41, 5.74) is 2.56. The van der Waals surface area contributed by atoms with Crippen LogP contribution < -0.4 is 0 Å². The summed E-state index contributed by atoms with van der Waals surface area (Å²) in [5, 5.41) is 0. The van der Waals surface area contributed by atoms with Crippen LogP contribution >= 0.6 is 0 Å². The molecule has 0 bridgehead atoms. The third kappa shape index (κ3) is 3.02. The van der Waals surface area contributed by atoms with E-state index in [0.717, 1.165) is 24.0 Å². The summed E-state index contributed by atoms with van der Waals surface area (Å²) in [5.74, 6) is -0.269. The number of hydrogen-bond acceptors (Lipinski definition) is 3. The third-order valence-electron chi connectivity index (χ3n) is 5.07. The Morgan fingerprint density at radius 1 is 1.16 bits per heavy atom. The first-order chi connectivity index (χ1) is 12.2. The Morgan fingerprint density at radius 3 is 2.68 bits per heavy atom. The highest BCUT2D eigenvalue weighted by Gasteiger charge is 2.40. The highest BCUT2D eigenvalue weighted by molar-refractivity contribution is 5.85. The first-order valence-electron chi connectivity index (χ1n) is 8.47. The van der Waals surface area contributed by atoms with E-state index < -0.39 is 0 Å². The molecule has 0 radical (unpaired) electrons. The van der Waals surface area contributed by atoms with Crippen LogP contribution in [0.25, 0.3) is 0 Å². The van der Waals surface area contributed by atoms with Gasteiger partial charge in [-0.05, 0) is 36.1 Å². The highest BCUT2D eigenvalue weighted by atomic mass is 19.1. The Kier molecular flexibility index (Phi) is 3.99. The van der Waals surface area contributed by atoms with Crippen LogP contribution in [0.15, 0.2) is 53.5 Å². The van der Waals surface area contributed by atoms with E-state index in [0.29, 0.717) is 18.8 Å². The number of benzene rings is 2. The molecular weight excluding hydrogens is 319 g/mol. The van der Waals surface area contributed by atoms with Gasteiger partial charge in [-0.3, -0.25) is 4.99 Å². The van der Waals surface area contributed by atoms with Crippen LogP contribution in [-0.4, -0.2) is 30.3 Å². The lowest BCUT2D eigenvalue weighted by Crippen LogP contribution is -2.45. The number of nitrogens with zero attached hydrogens (tertiary/aromatic N) is 2. The molecule has 1 saturated heterocycles. The van der Waals surface area contributed by atoms with E-state index in [9.17, 15) is 9.18 Å². The van der Waals surface area contributed by atoms with Gasteiger partial charge in [-0.2, -0.15) is 0 Å². The zero-order chi connectivity index (χ0) is 17.3. The van der Waals surface area contributed by atoms with E-state index in [2.05, 4.69) is 4.99 Å². The molecule has 0 aliphatic carbocycles. The predicted octanol–water partition coefficient (Wildman–Crippen LogP) is 4.21. The molecule has 0 unspecified atom stereocenters. The van der Waals surface area contributed by atoms with Crippen LogP contribution in [-0.2, 0) is 16.8 Å². The predicted molar refractivity (Wildman–Crippen MR) is 93.7 cm³/mol. The number of likely N-dealkylation sites (tertiary alicyclic amines) is 1. The lowest BCUT2D eigenvalue weighted by Gasteiger charge is -2.37. The Labute approximate surface area is 145 Å². The van der Waals surface area contributed by atoms with Gasteiger partial charge < -0.3 is 9.64 Å². The van der Waals surface area contributed by atoms with E-state index in [-0.39, 0.29) is 23.9 Å². The fraction of sp³-hybridized carbons (Fsp3) is 0.300. The largest absolute Gasteiger partial charge is 0.445 e. The van der Waals surface area contributed by atoms with Gasteiger partial charge in [0.2, 0.25) is 0 Å². The van der Waals surface area contributed by atoms with Crippen molar-refractivity contribution in [2.45, 2.75) is 24.9 Å². The molecule has 5 heteroatoms.